The fraction of sp³-hybridized carbons (Fsp3) is 0.727. The van der Waals surface area contributed by atoms with E-state index in [1.165, 1.54) is 4.88 Å². The van der Waals surface area contributed by atoms with Gasteiger partial charge in [0.2, 0.25) is 0 Å². The molecule has 1 fully saturated rings. The summed E-state index contributed by atoms with van der Waals surface area (Å²) < 4.78 is 22.9. The number of aromatic nitrogens is 1. The maximum absolute atomic E-state index is 11.5. The molecular weight excluding hydrogens is 270 g/mol. The second-order valence-corrected chi connectivity index (χ2v) is 7.88. The Kier molecular flexibility index (Phi) is 4.24. The molecule has 1 N–H and O–H groups in total. The van der Waals surface area contributed by atoms with Crippen LogP contribution >= 0.6 is 11.3 Å². The van der Waals surface area contributed by atoms with Crippen molar-refractivity contribution in [2.75, 3.05) is 30.0 Å². The van der Waals surface area contributed by atoms with Gasteiger partial charge in [0.1, 0.15) is 0 Å². The van der Waals surface area contributed by atoms with Crippen molar-refractivity contribution in [2.24, 2.45) is 0 Å². The molecule has 0 aromatic carbocycles. The van der Waals surface area contributed by atoms with E-state index < -0.39 is 9.84 Å². The van der Waals surface area contributed by atoms with Gasteiger partial charge < -0.3 is 10.2 Å². The van der Waals surface area contributed by atoms with E-state index in [4.69, 9.17) is 0 Å². The molecule has 7 heteroatoms. The number of hydrogen-bond acceptors (Lipinski definition) is 6. The minimum atomic E-state index is -2.83. The normalized spacial score (nSPS) is 22.2. The molecule has 0 spiro atoms. The van der Waals surface area contributed by atoms with Gasteiger partial charge in [-0.2, -0.15) is 0 Å². The molecule has 0 radical (unpaired) electrons. The smallest absolute Gasteiger partial charge is 0.185 e. The molecule has 0 saturated carbocycles. The molecule has 102 valence electrons. The predicted molar refractivity (Wildman–Crippen MR) is 75.0 cm³/mol. The van der Waals surface area contributed by atoms with Crippen molar-refractivity contribution in [2.45, 2.75) is 25.9 Å². The van der Waals surface area contributed by atoms with Crippen LogP contribution in [0.2, 0.25) is 0 Å². The second-order valence-electron chi connectivity index (χ2n) is 4.56. The van der Waals surface area contributed by atoms with E-state index in [0.29, 0.717) is 12.2 Å². The number of thiazole rings is 1. The van der Waals surface area contributed by atoms with Gasteiger partial charge >= 0.3 is 0 Å². The van der Waals surface area contributed by atoms with Crippen LogP contribution in [0.5, 0.6) is 0 Å². The molecular formula is C11H19N3O2S2. The third-order valence-electron chi connectivity index (χ3n) is 3.15. The molecule has 0 aliphatic carbocycles. The molecule has 1 atom stereocenters. The summed E-state index contributed by atoms with van der Waals surface area (Å²) in [6.07, 6.45) is 2.57. The minimum absolute atomic E-state index is 0.0770. The van der Waals surface area contributed by atoms with Gasteiger partial charge in [-0.3, -0.25) is 0 Å². The van der Waals surface area contributed by atoms with Gasteiger partial charge in [0.05, 0.1) is 11.5 Å². The van der Waals surface area contributed by atoms with Crippen LogP contribution in [-0.2, 0) is 16.4 Å². The Morgan fingerprint density at radius 1 is 1.61 bits per heavy atom. The summed E-state index contributed by atoms with van der Waals surface area (Å²) in [5, 5.41) is 4.16. The zero-order chi connectivity index (χ0) is 13.2. The van der Waals surface area contributed by atoms with Gasteiger partial charge in [0.15, 0.2) is 15.0 Å². The Bertz CT molecular complexity index is 498. The zero-order valence-electron chi connectivity index (χ0n) is 10.7. The van der Waals surface area contributed by atoms with E-state index in [-0.39, 0.29) is 11.8 Å². The summed E-state index contributed by atoms with van der Waals surface area (Å²) in [7, 11) is -0.901. The van der Waals surface area contributed by atoms with Crippen molar-refractivity contribution in [3.8, 4) is 0 Å². The lowest BCUT2D eigenvalue weighted by Gasteiger charge is -2.22. The average molecular weight is 289 g/mol. The summed E-state index contributed by atoms with van der Waals surface area (Å²) in [6.45, 7) is 3.83. The standard InChI is InChI=1S/C11H19N3O2S2/c1-3-12-6-10-7-13-11(17-10)14(2)9-4-5-18(15,16)8-9/h7,9,12H,3-6,8H2,1-2H3. The molecule has 1 aromatic heterocycles. The number of sulfone groups is 1. The van der Waals surface area contributed by atoms with Crippen molar-refractivity contribution in [1.29, 1.82) is 0 Å². The molecule has 1 aliphatic heterocycles. The molecule has 5 nitrogen and oxygen atoms in total. The van der Waals surface area contributed by atoms with E-state index in [1.807, 2.05) is 18.1 Å². The van der Waals surface area contributed by atoms with Crippen LogP contribution in [0.3, 0.4) is 0 Å². The lowest BCUT2D eigenvalue weighted by Crippen LogP contribution is -2.32. The summed E-state index contributed by atoms with van der Waals surface area (Å²) >= 11 is 1.63. The highest BCUT2D eigenvalue weighted by molar-refractivity contribution is 7.91. The number of hydrogen-bond donors (Lipinski definition) is 1. The molecule has 2 rings (SSSR count). The Hall–Kier alpha value is -0.660. The van der Waals surface area contributed by atoms with E-state index in [1.54, 1.807) is 11.3 Å². The second kappa shape index (κ2) is 5.54. The summed E-state index contributed by atoms with van der Waals surface area (Å²) in [5.74, 6) is 0.559. The molecule has 2 heterocycles. The lowest BCUT2D eigenvalue weighted by molar-refractivity contribution is 0.601. The number of nitrogens with one attached hydrogen (secondary N) is 1. The van der Waals surface area contributed by atoms with Gasteiger partial charge in [-0.15, -0.1) is 11.3 Å². The molecule has 18 heavy (non-hydrogen) atoms. The lowest BCUT2D eigenvalue weighted by atomic mass is 10.2. The fourth-order valence-corrected chi connectivity index (χ4v) is 4.71. The summed E-state index contributed by atoms with van der Waals surface area (Å²) in [4.78, 5) is 7.56. The van der Waals surface area contributed by atoms with Crippen molar-refractivity contribution in [3.05, 3.63) is 11.1 Å². The van der Waals surface area contributed by atoms with Gasteiger partial charge in [-0.1, -0.05) is 6.92 Å². The Morgan fingerprint density at radius 3 is 3.00 bits per heavy atom. The van der Waals surface area contributed by atoms with E-state index in [2.05, 4.69) is 17.2 Å². The van der Waals surface area contributed by atoms with E-state index in [9.17, 15) is 8.42 Å². The number of nitrogens with zero attached hydrogens (tertiary/aromatic N) is 2. The highest BCUT2D eigenvalue weighted by Crippen LogP contribution is 2.26. The summed E-state index contributed by atoms with van der Waals surface area (Å²) in [5.41, 5.74) is 0. The number of anilines is 1. The molecule has 1 unspecified atom stereocenters. The molecule has 1 saturated heterocycles. The first-order valence-electron chi connectivity index (χ1n) is 6.10. The maximum atomic E-state index is 11.5. The highest BCUT2D eigenvalue weighted by atomic mass is 32.2. The van der Waals surface area contributed by atoms with E-state index >= 15 is 0 Å². The first-order valence-corrected chi connectivity index (χ1v) is 8.74. The third-order valence-corrected chi connectivity index (χ3v) is 5.99. The van der Waals surface area contributed by atoms with Crippen LogP contribution in [0.25, 0.3) is 0 Å². The Balaban J connectivity index is 2.01. The quantitative estimate of drug-likeness (QED) is 0.872. The molecule has 0 amide bonds. The first-order chi connectivity index (χ1) is 8.52. The van der Waals surface area contributed by atoms with Gasteiger partial charge in [-0.05, 0) is 13.0 Å². The Morgan fingerprint density at radius 2 is 2.39 bits per heavy atom. The third kappa shape index (κ3) is 3.21. The highest BCUT2D eigenvalue weighted by Gasteiger charge is 2.31. The van der Waals surface area contributed by atoms with Crippen LogP contribution < -0.4 is 10.2 Å². The molecule has 1 aliphatic rings. The van der Waals surface area contributed by atoms with Gasteiger partial charge in [-0.25, -0.2) is 13.4 Å². The zero-order valence-corrected chi connectivity index (χ0v) is 12.4. The van der Waals surface area contributed by atoms with Crippen molar-refractivity contribution < 1.29 is 8.42 Å². The largest absolute Gasteiger partial charge is 0.347 e. The van der Waals surface area contributed by atoms with Crippen LogP contribution in [0, 0.1) is 0 Å². The minimum Gasteiger partial charge on any atom is -0.347 e. The van der Waals surface area contributed by atoms with Crippen LogP contribution in [0.15, 0.2) is 6.20 Å². The molecule has 0 bridgehead atoms. The van der Waals surface area contributed by atoms with E-state index in [0.717, 1.165) is 18.2 Å². The van der Waals surface area contributed by atoms with Gasteiger partial charge in [0, 0.05) is 30.7 Å². The number of rotatable bonds is 5. The first kappa shape index (κ1) is 13.8. The summed E-state index contributed by atoms with van der Waals surface area (Å²) in [6, 6.07) is 0.0770. The van der Waals surface area contributed by atoms with Crippen LogP contribution in [0.1, 0.15) is 18.2 Å². The van der Waals surface area contributed by atoms with Gasteiger partial charge in [0.25, 0.3) is 0 Å². The predicted octanol–water partition coefficient (Wildman–Crippen LogP) is 0.876. The maximum Gasteiger partial charge on any atom is 0.185 e. The Labute approximate surface area is 112 Å². The fourth-order valence-electron chi connectivity index (χ4n) is 2.03. The molecule has 1 aromatic rings. The SMILES string of the molecule is CCNCc1cnc(N(C)C2CCS(=O)(=O)C2)s1. The van der Waals surface area contributed by atoms with Crippen LogP contribution in [0.4, 0.5) is 5.13 Å². The monoisotopic (exact) mass is 289 g/mol. The average Bonchev–Trinajstić information content (AvgIpc) is 2.92. The van der Waals surface area contributed by atoms with Crippen LogP contribution in [-0.4, -0.2) is 44.5 Å². The topological polar surface area (TPSA) is 62.3 Å². The van der Waals surface area contributed by atoms with Crippen molar-refractivity contribution >= 4 is 26.3 Å². The van der Waals surface area contributed by atoms with Crippen molar-refractivity contribution in [1.82, 2.24) is 10.3 Å². The van der Waals surface area contributed by atoms with Crippen molar-refractivity contribution in [3.63, 3.8) is 0 Å².